The maximum Gasteiger partial charge on any atom is 0.263 e. The quantitative estimate of drug-likeness (QED) is 0.546. The number of nitriles is 1. The van der Waals surface area contributed by atoms with Crippen molar-refractivity contribution in [2.24, 2.45) is 0 Å². The highest BCUT2D eigenvalue weighted by Gasteiger charge is 2.11. The standard InChI is InChI=1S/C20H23N5O/c21-14-18(20(26)23-9-12-25-10-7-22-8-11-25)15-24-19-6-5-16-3-1-2-4-17(16)13-19/h1-6,13,15,22,24H,7-12H2,(H,23,26)/b18-15-. The Labute approximate surface area is 153 Å². The fraction of sp³-hybridized carbons (Fsp3) is 0.300. The predicted octanol–water partition coefficient (Wildman–Crippen LogP) is 1.68. The van der Waals surface area contributed by atoms with Gasteiger partial charge in [0.05, 0.1) is 0 Å². The maximum atomic E-state index is 12.2. The summed E-state index contributed by atoms with van der Waals surface area (Å²) in [5, 5.41) is 20.7. The van der Waals surface area contributed by atoms with Crippen LogP contribution in [0.4, 0.5) is 5.69 Å². The first kappa shape index (κ1) is 17.9. The van der Waals surface area contributed by atoms with Gasteiger partial charge in [-0.15, -0.1) is 0 Å². The van der Waals surface area contributed by atoms with Gasteiger partial charge in [-0.2, -0.15) is 5.26 Å². The smallest absolute Gasteiger partial charge is 0.263 e. The lowest BCUT2D eigenvalue weighted by Gasteiger charge is -2.27. The summed E-state index contributed by atoms with van der Waals surface area (Å²) in [7, 11) is 0. The summed E-state index contributed by atoms with van der Waals surface area (Å²) in [5.74, 6) is -0.351. The van der Waals surface area contributed by atoms with Crippen LogP contribution in [0.5, 0.6) is 0 Å². The van der Waals surface area contributed by atoms with Crippen molar-refractivity contribution in [2.45, 2.75) is 0 Å². The summed E-state index contributed by atoms with van der Waals surface area (Å²) >= 11 is 0. The van der Waals surface area contributed by atoms with E-state index in [-0.39, 0.29) is 11.5 Å². The molecule has 2 aromatic rings. The molecule has 6 heteroatoms. The van der Waals surface area contributed by atoms with Gasteiger partial charge in [-0.1, -0.05) is 30.3 Å². The number of hydrogen-bond acceptors (Lipinski definition) is 5. The van der Waals surface area contributed by atoms with Crippen LogP contribution in [0.2, 0.25) is 0 Å². The van der Waals surface area contributed by atoms with E-state index in [1.54, 1.807) is 0 Å². The van der Waals surface area contributed by atoms with E-state index in [2.05, 4.69) is 20.9 Å². The van der Waals surface area contributed by atoms with Gasteiger partial charge in [-0.25, -0.2) is 0 Å². The number of nitrogens with one attached hydrogen (secondary N) is 3. The Bertz CT molecular complexity index is 833. The van der Waals surface area contributed by atoms with Crippen LogP contribution in [0.15, 0.2) is 54.2 Å². The minimum Gasteiger partial charge on any atom is -0.360 e. The number of rotatable bonds is 6. The molecule has 0 radical (unpaired) electrons. The molecule has 0 unspecified atom stereocenters. The molecule has 0 aliphatic carbocycles. The molecule has 1 aliphatic heterocycles. The van der Waals surface area contributed by atoms with E-state index >= 15 is 0 Å². The number of nitrogens with zero attached hydrogens (tertiary/aromatic N) is 2. The number of fused-ring (bicyclic) bond motifs is 1. The lowest BCUT2D eigenvalue weighted by Crippen LogP contribution is -2.46. The Hall–Kier alpha value is -2.88. The third-order valence-corrected chi connectivity index (χ3v) is 4.42. The maximum absolute atomic E-state index is 12.2. The predicted molar refractivity (Wildman–Crippen MR) is 104 cm³/mol. The second-order valence-corrected chi connectivity index (χ2v) is 6.22. The number of piperazine rings is 1. The fourth-order valence-corrected chi connectivity index (χ4v) is 2.94. The molecule has 1 amide bonds. The van der Waals surface area contributed by atoms with Gasteiger partial charge in [-0.05, 0) is 22.9 Å². The van der Waals surface area contributed by atoms with Crippen LogP contribution in [0.1, 0.15) is 0 Å². The highest BCUT2D eigenvalue weighted by atomic mass is 16.1. The summed E-state index contributed by atoms with van der Waals surface area (Å²) in [4.78, 5) is 14.5. The van der Waals surface area contributed by atoms with E-state index in [0.29, 0.717) is 6.54 Å². The summed E-state index contributed by atoms with van der Waals surface area (Å²) in [5.41, 5.74) is 0.906. The van der Waals surface area contributed by atoms with Crippen LogP contribution in [0, 0.1) is 11.3 Å². The van der Waals surface area contributed by atoms with Gasteiger partial charge in [0.15, 0.2) is 0 Å². The van der Waals surface area contributed by atoms with Gasteiger partial charge in [0.25, 0.3) is 5.91 Å². The van der Waals surface area contributed by atoms with Gasteiger partial charge in [0, 0.05) is 51.2 Å². The molecular weight excluding hydrogens is 326 g/mol. The summed E-state index contributed by atoms with van der Waals surface area (Å²) in [6.45, 7) is 5.26. The first-order valence-electron chi connectivity index (χ1n) is 8.83. The van der Waals surface area contributed by atoms with Crippen molar-refractivity contribution < 1.29 is 4.79 Å². The molecule has 0 aromatic heterocycles. The van der Waals surface area contributed by atoms with Crippen LogP contribution in [0.3, 0.4) is 0 Å². The van der Waals surface area contributed by atoms with Crippen molar-refractivity contribution in [3.63, 3.8) is 0 Å². The first-order chi connectivity index (χ1) is 12.8. The van der Waals surface area contributed by atoms with Crippen LogP contribution in [0.25, 0.3) is 10.8 Å². The van der Waals surface area contributed by atoms with Gasteiger partial charge >= 0.3 is 0 Å². The second kappa shape index (κ2) is 8.99. The SMILES string of the molecule is N#C/C(=C/Nc1ccc2ccccc2c1)C(=O)NCCN1CCNCC1. The highest BCUT2D eigenvalue weighted by molar-refractivity contribution is 5.97. The highest BCUT2D eigenvalue weighted by Crippen LogP contribution is 2.18. The molecule has 1 fully saturated rings. The minimum absolute atomic E-state index is 0.0680. The molecule has 1 heterocycles. The Morgan fingerprint density at radius 3 is 2.73 bits per heavy atom. The second-order valence-electron chi connectivity index (χ2n) is 6.22. The summed E-state index contributed by atoms with van der Waals surface area (Å²) < 4.78 is 0. The normalized spacial score (nSPS) is 15.4. The number of amides is 1. The van der Waals surface area contributed by atoms with Crippen molar-refractivity contribution >= 4 is 22.4 Å². The largest absolute Gasteiger partial charge is 0.360 e. The third-order valence-electron chi connectivity index (χ3n) is 4.42. The van der Waals surface area contributed by atoms with Gasteiger partial charge < -0.3 is 16.0 Å². The zero-order valence-electron chi connectivity index (χ0n) is 14.7. The molecule has 3 rings (SSSR count). The molecule has 3 N–H and O–H groups in total. The van der Waals surface area contributed by atoms with E-state index in [1.165, 1.54) is 6.20 Å². The molecule has 26 heavy (non-hydrogen) atoms. The van der Waals surface area contributed by atoms with Crippen molar-refractivity contribution in [2.75, 3.05) is 44.6 Å². The van der Waals surface area contributed by atoms with Crippen molar-refractivity contribution in [3.8, 4) is 6.07 Å². The molecule has 2 aromatic carbocycles. The molecule has 6 nitrogen and oxygen atoms in total. The average Bonchev–Trinajstić information content (AvgIpc) is 2.69. The molecule has 0 bridgehead atoms. The average molecular weight is 349 g/mol. The number of benzene rings is 2. The van der Waals surface area contributed by atoms with Crippen molar-refractivity contribution in [1.29, 1.82) is 5.26 Å². The van der Waals surface area contributed by atoms with E-state index in [0.717, 1.165) is 49.2 Å². The third kappa shape index (κ3) is 4.82. The number of carbonyl (C=O) groups excluding carboxylic acids is 1. The Morgan fingerprint density at radius 2 is 1.96 bits per heavy atom. The Morgan fingerprint density at radius 1 is 1.19 bits per heavy atom. The lowest BCUT2D eigenvalue weighted by molar-refractivity contribution is -0.117. The van der Waals surface area contributed by atoms with Crippen LogP contribution in [-0.2, 0) is 4.79 Å². The van der Waals surface area contributed by atoms with Crippen molar-refractivity contribution in [1.82, 2.24) is 15.5 Å². The molecule has 0 spiro atoms. The topological polar surface area (TPSA) is 80.2 Å². The zero-order chi connectivity index (χ0) is 18.2. The molecule has 0 saturated carbocycles. The van der Waals surface area contributed by atoms with Crippen LogP contribution in [-0.4, -0.2) is 50.1 Å². The number of anilines is 1. The lowest BCUT2D eigenvalue weighted by atomic mass is 10.1. The van der Waals surface area contributed by atoms with Gasteiger partial charge in [0.2, 0.25) is 0 Å². The molecular formula is C20H23N5O. The van der Waals surface area contributed by atoms with E-state index in [4.69, 9.17) is 0 Å². The van der Waals surface area contributed by atoms with Gasteiger partial charge in [0.1, 0.15) is 11.6 Å². The molecule has 0 atom stereocenters. The van der Waals surface area contributed by atoms with Gasteiger partial charge in [-0.3, -0.25) is 9.69 Å². The number of carbonyl (C=O) groups is 1. The van der Waals surface area contributed by atoms with E-state index in [9.17, 15) is 10.1 Å². The Balaban J connectivity index is 1.54. The van der Waals surface area contributed by atoms with Crippen molar-refractivity contribution in [3.05, 3.63) is 54.2 Å². The molecule has 134 valence electrons. The van der Waals surface area contributed by atoms with E-state index < -0.39 is 0 Å². The molecule has 1 saturated heterocycles. The van der Waals surface area contributed by atoms with Crippen LogP contribution < -0.4 is 16.0 Å². The monoisotopic (exact) mass is 349 g/mol. The number of hydrogen-bond donors (Lipinski definition) is 3. The summed E-state index contributed by atoms with van der Waals surface area (Å²) in [6, 6.07) is 15.9. The van der Waals surface area contributed by atoms with Crippen LogP contribution >= 0.6 is 0 Å². The van der Waals surface area contributed by atoms with E-state index in [1.807, 2.05) is 48.5 Å². The summed E-state index contributed by atoms with van der Waals surface area (Å²) in [6.07, 6.45) is 1.46. The zero-order valence-corrected chi connectivity index (χ0v) is 14.7. The Kier molecular flexibility index (Phi) is 6.20. The molecule has 1 aliphatic rings. The fourth-order valence-electron chi connectivity index (χ4n) is 2.94. The minimum atomic E-state index is -0.351. The first-order valence-corrected chi connectivity index (χ1v) is 8.83.